The molecule has 10 heteroatoms. The van der Waals surface area contributed by atoms with Gasteiger partial charge in [-0.15, -0.1) is 0 Å². The number of hydrogen-bond acceptors (Lipinski definition) is 4. The zero-order valence-corrected chi connectivity index (χ0v) is 14.5. The zero-order valence-electron chi connectivity index (χ0n) is 13.7. The minimum atomic E-state index is -4.48. The van der Waals surface area contributed by atoms with Crippen LogP contribution in [0.4, 0.5) is 18.9 Å². The highest BCUT2D eigenvalue weighted by molar-refractivity contribution is 7.90. The molecular weight excluding hydrogens is 385 g/mol. The van der Waals surface area contributed by atoms with Gasteiger partial charge in [-0.25, -0.2) is 12.7 Å². The fourth-order valence-electron chi connectivity index (χ4n) is 2.62. The number of nitrogens with one attached hydrogen (secondary N) is 1. The lowest BCUT2D eigenvalue weighted by Crippen LogP contribution is -2.33. The van der Waals surface area contributed by atoms with Gasteiger partial charge >= 0.3 is 6.18 Å². The van der Waals surface area contributed by atoms with Crippen LogP contribution in [0.3, 0.4) is 0 Å². The lowest BCUT2D eigenvalue weighted by atomic mass is 10.2. The van der Waals surface area contributed by atoms with Crippen LogP contribution in [0.1, 0.15) is 22.3 Å². The number of halogens is 3. The summed E-state index contributed by atoms with van der Waals surface area (Å²) in [6.45, 7) is -0.373. The van der Waals surface area contributed by atoms with Crippen molar-refractivity contribution in [2.24, 2.45) is 0 Å². The molecule has 0 unspecified atom stereocenters. The molecule has 0 radical (unpaired) electrons. The van der Waals surface area contributed by atoms with E-state index in [9.17, 15) is 31.2 Å². The topological polar surface area (TPSA) is 83.6 Å². The molecule has 2 aromatic carbocycles. The van der Waals surface area contributed by atoms with Crippen molar-refractivity contribution in [1.82, 2.24) is 4.31 Å². The van der Waals surface area contributed by atoms with Crippen molar-refractivity contribution in [3.8, 4) is 0 Å². The Hall–Kier alpha value is -2.88. The van der Waals surface area contributed by atoms with E-state index in [-0.39, 0.29) is 29.1 Å². The van der Waals surface area contributed by atoms with Crippen molar-refractivity contribution in [2.45, 2.75) is 17.5 Å². The number of nitrogens with zero attached hydrogens (tertiary/aromatic N) is 1. The molecular formula is C17H13F3N2O4S. The maximum atomic E-state index is 12.5. The predicted octanol–water partition coefficient (Wildman–Crippen LogP) is 2.88. The van der Waals surface area contributed by atoms with Gasteiger partial charge in [-0.1, -0.05) is 12.1 Å². The third-order valence-corrected chi connectivity index (χ3v) is 5.79. The first-order valence-corrected chi connectivity index (χ1v) is 9.18. The summed E-state index contributed by atoms with van der Waals surface area (Å²) < 4.78 is 62.9. The van der Waals surface area contributed by atoms with Crippen LogP contribution in [0.5, 0.6) is 0 Å². The van der Waals surface area contributed by atoms with E-state index < -0.39 is 33.6 Å². The summed E-state index contributed by atoms with van der Waals surface area (Å²) >= 11 is 0. The molecule has 0 aromatic heterocycles. The Labute approximate surface area is 152 Å². The number of alkyl halides is 3. The minimum absolute atomic E-state index is 0.0423. The standard InChI is InChI=1S/C17H13F3N2O4S/c18-17(19,20)11-5-7-12(8-6-11)21-15(23)9-10-22-16(24)13-3-1-2-4-14(13)27(22,25)26/h1-8H,9-10H2,(H,21,23). The van der Waals surface area contributed by atoms with Crippen molar-refractivity contribution in [2.75, 3.05) is 11.9 Å². The summed E-state index contributed by atoms with van der Waals surface area (Å²) in [7, 11) is -4.01. The Balaban J connectivity index is 1.64. The maximum absolute atomic E-state index is 12.5. The summed E-state index contributed by atoms with van der Waals surface area (Å²) in [5.41, 5.74) is -0.681. The molecule has 142 valence electrons. The van der Waals surface area contributed by atoms with E-state index in [1.807, 2.05) is 0 Å². The Morgan fingerprint density at radius 2 is 1.67 bits per heavy atom. The molecule has 0 saturated carbocycles. The van der Waals surface area contributed by atoms with E-state index >= 15 is 0 Å². The fourth-order valence-corrected chi connectivity index (χ4v) is 4.19. The SMILES string of the molecule is O=C(CCN1C(=O)c2ccccc2S1(=O)=O)Nc1ccc(C(F)(F)F)cc1. The molecule has 1 heterocycles. The van der Waals surface area contributed by atoms with Crippen LogP contribution in [-0.4, -0.2) is 31.1 Å². The van der Waals surface area contributed by atoms with Crippen LogP contribution < -0.4 is 5.32 Å². The van der Waals surface area contributed by atoms with E-state index in [0.717, 1.165) is 24.3 Å². The van der Waals surface area contributed by atoms with Crippen LogP contribution >= 0.6 is 0 Å². The molecule has 0 atom stereocenters. The number of carbonyl (C=O) groups excluding carboxylic acids is 2. The number of amides is 2. The Kier molecular flexibility index (Phi) is 4.68. The second-order valence-corrected chi connectivity index (χ2v) is 7.58. The molecule has 0 saturated heterocycles. The van der Waals surface area contributed by atoms with Crippen molar-refractivity contribution < 1.29 is 31.2 Å². The molecule has 1 aliphatic rings. The summed E-state index contributed by atoms with van der Waals surface area (Å²) in [5, 5.41) is 2.37. The maximum Gasteiger partial charge on any atom is 0.416 e. The molecule has 1 N–H and O–H groups in total. The number of rotatable bonds is 4. The summed E-state index contributed by atoms with van der Waals surface area (Å²) in [4.78, 5) is 24.1. The van der Waals surface area contributed by atoms with Crippen LogP contribution in [0.15, 0.2) is 53.4 Å². The number of hydrogen-bond donors (Lipinski definition) is 1. The van der Waals surface area contributed by atoms with Crippen molar-refractivity contribution >= 4 is 27.5 Å². The van der Waals surface area contributed by atoms with E-state index in [4.69, 9.17) is 0 Å². The molecule has 0 aliphatic carbocycles. The van der Waals surface area contributed by atoms with Gasteiger partial charge < -0.3 is 5.32 Å². The van der Waals surface area contributed by atoms with Gasteiger partial charge in [0.25, 0.3) is 15.9 Å². The number of sulfonamides is 1. The molecule has 3 rings (SSSR count). The quantitative estimate of drug-likeness (QED) is 0.859. The van der Waals surface area contributed by atoms with Crippen molar-refractivity contribution in [1.29, 1.82) is 0 Å². The normalized spacial score (nSPS) is 15.5. The van der Waals surface area contributed by atoms with E-state index in [1.54, 1.807) is 0 Å². The second kappa shape index (κ2) is 6.69. The van der Waals surface area contributed by atoms with E-state index in [2.05, 4.69) is 5.32 Å². The van der Waals surface area contributed by atoms with Gasteiger partial charge in [-0.05, 0) is 36.4 Å². The Morgan fingerprint density at radius 3 is 2.26 bits per heavy atom. The molecule has 0 fully saturated rings. The highest BCUT2D eigenvalue weighted by Crippen LogP contribution is 2.31. The summed E-state index contributed by atoms with van der Waals surface area (Å²) in [6, 6.07) is 9.55. The van der Waals surface area contributed by atoms with E-state index in [0.29, 0.717) is 4.31 Å². The van der Waals surface area contributed by atoms with Crippen molar-refractivity contribution in [3.05, 3.63) is 59.7 Å². The third-order valence-electron chi connectivity index (χ3n) is 3.95. The summed E-state index contributed by atoms with van der Waals surface area (Å²) in [6.07, 6.45) is -4.82. The summed E-state index contributed by atoms with van der Waals surface area (Å²) in [5.74, 6) is -1.35. The van der Waals surface area contributed by atoms with Gasteiger partial charge in [0, 0.05) is 18.7 Å². The van der Waals surface area contributed by atoms with Crippen molar-refractivity contribution in [3.63, 3.8) is 0 Å². The van der Waals surface area contributed by atoms with Gasteiger partial charge in [0.15, 0.2) is 0 Å². The van der Waals surface area contributed by atoms with Crippen LogP contribution in [0.25, 0.3) is 0 Å². The molecule has 6 nitrogen and oxygen atoms in total. The van der Waals surface area contributed by atoms with Gasteiger partial charge in [0.2, 0.25) is 5.91 Å². The highest BCUT2D eigenvalue weighted by Gasteiger charge is 2.40. The molecule has 2 amide bonds. The molecule has 0 spiro atoms. The number of benzene rings is 2. The molecule has 1 aliphatic heterocycles. The number of fused-ring (bicyclic) bond motifs is 1. The van der Waals surface area contributed by atoms with Gasteiger partial charge in [0.1, 0.15) is 4.90 Å². The monoisotopic (exact) mass is 398 g/mol. The van der Waals surface area contributed by atoms with Gasteiger partial charge in [-0.2, -0.15) is 13.2 Å². The Morgan fingerprint density at radius 1 is 1.04 bits per heavy atom. The first-order chi connectivity index (χ1) is 12.6. The highest BCUT2D eigenvalue weighted by atomic mass is 32.2. The average molecular weight is 398 g/mol. The van der Waals surface area contributed by atoms with Gasteiger partial charge in [0.05, 0.1) is 11.1 Å². The average Bonchev–Trinajstić information content (AvgIpc) is 2.80. The number of carbonyl (C=O) groups is 2. The van der Waals surface area contributed by atoms with Crippen LogP contribution in [0.2, 0.25) is 0 Å². The molecule has 2 aromatic rings. The first kappa shape index (κ1) is 18.9. The fraction of sp³-hybridized carbons (Fsp3) is 0.176. The third kappa shape index (κ3) is 3.65. The van der Waals surface area contributed by atoms with Crippen LogP contribution in [-0.2, 0) is 21.0 Å². The lowest BCUT2D eigenvalue weighted by Gasteiger charge is -2.15. The van der Waals surface area contributed by atoms with Gasteiger partial charge in [-0.3, -0.25) is 9.59 Å². The lowest BCUT2D eigenvalue weighted by molar-refractivity contribution is -0.137. The zero-order chi connectivity index (χ0) is 19.8. The molecule has 27 heavy (non-hydrogen) atoms. The Bertz CT molecular complexity index is 1000. The second-order valence-electron chi connectivity index (χ2n) is 5.75. The molecule has 0 bridgehead atoms. The number of anilines is 1. The van der Waals surface area contributed by atoms with E-state index in [1.165, 1.54) is 24.3 Å². The smallest absolute Gasteiger partial charge is 0.326 e. The van der Waals surface area contributed by atoms with Crippen LogP contribution in [0, 0.1) is 0 Å². The largest absolute Gasteiger partial charge is 0.416 e. The first-order valence-electron chi connectivity index (χ1n) is 7.74. The minimum Gasteiger partial charge on any atom is -0.326 e. The predicted molar refractivity (Wildman–Crippen MR) is 89.4 cm³/mol.